The van der Waals surface area contributed by atoms with Gasteiger partial charge < -0.3 is 14.7 Å². The molecule has 0 saturated carbocycles. The van der Waals surface area contributed by atoms with Crippen LogP contribution in [0.5, 0.6) is 5.75 Å². The van der Waals surface area contributed by atoms with Crippen LogP contribution in [-0.4, -0.2) is 41.1 Å². The zero-order valence-corrected chi connectivity index (χ0v) is 13.4. The first-order valence-electron chi connectivity index (χ1n) is 7.33. The Hall–Kier alpha value is -2.37. The van der Waals surface area contributed by atoms with Crippen LogP contribution in [0.15, 0.2) is 30.4 Å². The second-order valence-electron chi connectivity index (χ2n) is 6.55. The summed E-state index contributed by atoms with van der Waals surface area (Å²) < 4.78 is 19.3. The van der Waals surface area contributed by atoms with Crippen molar-refractivity contribution in [3.63, 3.8) is 0 Å². The molecule has 6 heteroatoms. The molecule has 0 bridgehead atoms. The number of carboxylic acid groups (broad SMARTS) is 1. The summed E-state index contributed by atoms with van der Waals surface area (Å²) in [6.45, 7) is 6.68. The van der Waals surface area contributed by atoms with E-state index in [4.69, 9.17) is 9.84 Å². The number of nitrogens with zero attached hydrogens (tertiary/aromatic N) is 1. The summed E-state index contributed by atoms with van der Waals surface area (Å²) in [7, 11) is 0. The smallest absolute Gasteiger partial charge is 0.328 e. The summed E-state index contributed by atoms with van der Waals surface area (Å²) in [6, 6.07) is 4.42. The molecule has 1 amide bonds. The Morgan fingerprint density at radius 1 is 1.30 bits per heavy atom. The molecule has 0 radical (unpaired) electrons. The quantitative estimate of drug-likeness (QED) is 0.865. The van der Waals surface area contributed by atoms with Crippen LogP contribution in [0.4, 0.5) is 4.39 Å². The summed E-state index contributed by atoms with van der Waals surface area (Å²) in [5.74, 6) is -1.22. The lowest BCUT2D eigenvalue weighted by molar-refractivity contribution is -0.136. The normalized spacial score (nSPS) is 15.6. The van der Waals surface area contributed by atoms with Gasteiger partial charge in [0.2, 0.25) is 5.91 Å². The lowest BCUT2D eigenvalue weighted by atomic mass is 9.86. The van der Waals surface area contributed by atoms with Gasteiger partial charge in [0.15, 0.2) is 0 Å². The van der Waals surface area contributed by atoms with Crippen molar-refractivity contribution >= 4 is 11.9 Å². The Morgan fingerprint density at radius 2 is 1.96 bits per heavy atom. The number of hydrogen-bond acceptors (Lipinski definition) is 3. The second-order valence-corrected chi connectivity index (χ2v) is 6.55. The van der Waals surface area contributed by atoms with Crippen molar-refractivity contribution in [3.05, 3.63) is 41.7 Å². The Labute approximate surface area is 134 Å². The van der Waals surface area contributed by atoms with Gasteiger partial charge in [0.25, 0.3) is 0 Å². The predicted molar refractivity (Wildman–Crippen MR) is 82.9 cm³/mol. The molecule has 1 aliphatic rings. The van der Waals surface area contributed by atoms with E-state index >= 15 is 0 Å². The molecule has 0 aliphatic carbocycles. The molecule has 23 heavy (non-hydrogen) atoms. The lowest BCUT2D eigenvalue weighted by Crippen LogP contribution is -2.55. The molecular formula is C17H20FNO4. The first-order valence-corrected chi connectivity index (χ1v) is 7.33. The van der Waals surface area contributed by atoms with E-state index in [-0.39, 0.29) is 23.2 Å². The minimum Gasteiger partial charge on any atom is -0.486 e. The van der Waals surface area contributed by atoms with Crippen LogP contribution in [0, 0.1) is 5.82 Å². The first kappa shape index (κ1) is 17.0. The first-order chi connectivity index (χ1) is 10.7. The molecule has 1 aliphatic heterocycles. The van der Waals surface area contributed by atoms with Gasteiger partial charge >= 0.3 is 5.97 Å². The number of aliphatic carboxylic acids is 1. The molecule has 1 aromatic rings. The van der Waals surface area contributed by atoms with Crippen molar-refractivity contribution in [2.45, 2.75) is 32.3 Å². The zero-order chi connectivity index (χ0) is 17.2. The van der Waals surface area contributed by atoms with E-state index in [9.17, 15) is 14.0 Å². The molecule has 1 saturated heterocycles. The summed E-state index contributed by atoms with van der Waals surface area (Å²) in [5.41, 5.74) is 0.508. The molecule has 0 aromatic heterocycles. The number of halogens is 1. The van der Waals surface area contributed by atoms with Gasteiger partial charge in [-0.25, -0.2) is 9.18 Å². The maximum Gasteiger partial charge on any atom is 0.328 e. The number of hydrogen-bond donors (Lipinski definition) is 1. The number of rotatable bonds is 4. The van der Waals surface area contributed by atoms with Crippen LogP contribution < -0.4 is 4.74 Å². The Kier molecular flexibility index (Phi) is 4.73. The van der Waals surface area contributed by atoms with Crippen molar-refractivity contribution in [1.82, 2.24) is 4.90 Å². The van der Waals surface area contributed by atoms with E-state index in [1.807, 2.05) is 20.8 Å². The molecule has 0 spiro atoms. The number of amides is 1. The van der Waals surface area contributed by atoms with Gasteiger partial charge in [-0.15, -0.1) is 0 Å². The fraction of sp³-hybridized carbons (Fsp3) is 0.412. The maximum atomic E-state index is 13.5. The van der Waals surface area contributed by atoms with Gasteiger partial charge in [-0.1, -0.05) is 20.8 Å². The highest BCUT2D eigenvalue weighted by molar-refractivity contribution is 5.94. The SMILES string of the molecule is CC(C)(C)c1cc(F)ccc1OC1CN(C(=O)/C=C/C(=O)O)C1. The Bertz CT molecular complexity index is 642. The van der Waals surface area contributed by atoms with Crippen molar-refractivity contribution in [2.24, 2.45) is 0 Å². The van der Waals surface area contributed by atoms with Crippen molar-refractivity contribution < 1.29 is 23.8 Å². The molecule has 0 atom stereocenters. The number of benzene rings is 1. The molecule has 2 rings (SSSR count). The average Bonchev–Trinajstić information content (AvgIpc) is 2.40. The van der Waals surface area contributed by atoms with E-state index in [1.54, 1.807) is 6.07 Å². The highest BCUT2D eigenvalue weighted by Gasteiger charge is 2.32. The van der Waals surface area contributed by atoms with Gasteiger partial charge in [-0.3, -0.25) is 4.79 Å². The third kappa shape index (κ3) is 4.31. The summed E-state index contributed by atoms with van der Waals surface area (Å²) in [6.07, 6.45) is 1.66. The van der Waals surface area contributed by atoms with Gasteiger partial charge in [-0.05, 0) is 23.6 Å². The largest absolute Gasteiger partial charge is 0.486 e. The van der Waals surface area contributed by atoms with Crippen LogP contribution in [0.1, 0.15) is 26.3 Å². The second kappa shape index (κ2) is 6.40. The number of carbonyl (C=O) groups excluding carboxylic acids is 1. The topological polar surface area (TPSA) is 66.8 Å². The average molecular weight is 321 g/mol. The van der Waals surface area contributed by atoms with Crippen LogP contribution in [0.3, 0.4) is 0 Å². The molecule has 1 fully saturated rings. The Morgan fingerprint density at radius 3 is 2.52 bits per heavy atom. The van der Waals surface area contributed by atoms with Gasteiger partial charge in [-0.2, -0.15) is 0 Å². The number of carbonyl (C=O) groups is 2. The zero-order valence-electron chi connectivity index (χ0n) is 13.4. The highest BCUT2D eigenvalue weighted by Crippen LogP contribution is 2.33. The van der Waals surface area contributed by atoms with E-state index in [2.05, 4.69) is 0 Å². The number of carboxylic acids is 1. The van der Waals surface area contributed by atoms with Gasteiger partial charge in [0.05, 0.1) is 13.1 Å². The van der Waals surface area contributed by atoms with E-state index in [0.29, 0.717) is 18.8 Å². The van der Waals surface area contributed by atoms with Gasteiger partial charge in [0, 0.05) is 17.7 Å². The van der Waals surface area contributed by atoms with Crippen LogP contribution >= 0.6 is 0 Å². The summed E-state index contributed by atoms with van der Waals surface area (Å²) in [5, 5.41) is 8.50. The van der Waals surface area contributed by atoms with Crippen LogP contribution in [0.2, 0.25) is 0 Å². The lowest BCUT2D eigenvalue weighted by Gasteiger charge is -2.39. The van der Waals surface area contributed by atoms with Gasteiger partial charge in [0.1, 0.15) is 17.7 Å². The third-order valence-electron chi connectivity index (χ3n) is 3.57. The number of ether oxygens (including phenoxy) is 1. The maximum absolute atomic E-state index is 13.5. The molecule has 5 nitrogen and oxygen atoms in total. The molecule has 1 N–H and O–H groups in total. The van der Waals surface area contributed by atoms with Crippen molar-refractivity contribution in [1.29, 1.82) is 0 Å². The fourth-order valence-corrected chi connectivity index (χ4v) is 2.31. The van der Waals surface area contributed by atoms with Crippen molar-refractivity contribution in [3.8, 4) is 5.75 Å². The molecule has 1 heterocycles. The van der Waals surface area contributed by atoms with Crippen LogP contribution in [-0.2, 0) is 15.0 Å². The standard InChI is InChI=1S/C17H20FNO4/c1-17(2,3)13-8-11(18)4-5-14(13)23-12-9-19(10-12)15(20)6-7-16(21)22/h4-8,12H,9-10H2,1-3H3,(H,21,22)/b7-6+. The van der Waals surface area contributed by atoms with E-state index in [0.717, 1.165) is 17.7 Å². The molecular weight excluding hydrogens is 301 g/mol. The molecule has 0 unspecified atom stereocenters. The molecule has 1 aromatic carbocycles. The Balaban J connectivity index is 1.99. The minimum absolute atomic E-state index is 0.177. The monoisotopic (exact) mass is 321 g/mol. The fourth-order valence-electron chi connectivity index (χ4n) is 2.31. The minimum atomic E-state index is -1.16. The van der Waals surface area contributed by atoms with E-state index < -0.39 is 5.97 Å². The van der Waals surface area contributed by atoms with Crippen LogP contribution in [0.25, 0.3) is 0 Å². The van der Waals surface area contributed by atoms with E-state index in [1.165, 1.54) is 17.0 Å². The summed E-state index contributed by atoms with van der Waals surface area (Å²) in [4.78, 5) is 23.5. The summed E-state index contributed by atoms with van der Waals surface area (Å²) >= 11 is 0. The third-order valence-corrected chi connectivity index (χ3v) is 3.57. The number of likely N-dealkylation sites (tertiary alicyclic amines) is 1. The predicted octanol–water partition coefficient (Wildman–Crippen LogP) is 2.35. The van der Waals surface area contributed by atoms with Crippen molar-refractivity contribution in [2.75, 3.05) is 13.1 Å². The highest BCUT2D eigenvalue weighted by atomic mass is 19.1. The molecule has 124 valence electrons.